The standard InChI is InChI=1S/C20H23N5/c1-4-12(2)22-11-14-5-6-17-15(9-14)10-18(25-17)16-7-8-21-20-19(16)23-13(3)24-20/h5-10,12,22,25H,4,11H2,1-3H3,(H,21,23,24)/t12-/m1/s1. The molecule has 4 aromatic rings. The van der Waals surface area contributed by atoms with Gasteiger partial charge in [0.1, 0.15) is 5.82 Å². The minimum absolute atomic E-state index is 0.534. The molecular formula is C20H23N5. The minimum Gasteiger partial charge on any atom is -0.354 e. The van der Waals surface area contributed by atoms with Crippen molar-refractivity contribution in [3.05, 3.63) is 47.9 Å². The average Bonchev–Trinajstić information content (AvgIpc) is 3.20. The molecule has 0 unspecified atom stereocenters. The molecule has 3 aromatic heterocycles. The van der Waals surface area contributed by atoms with Gasteiger partial charge in [-0.3, -0.25) is 0 Å². The van der Waals surface area contributed by atoms with Crippen molar-refractivity contribution in [2.45, 2.75) is 39.8 Å². The van der Waals surface area contributed by atoms with E-state index in [-0.39, 0.29) is 0 Å². The van der Waals surface area contributed by atoms with Crippen molar-refractivity contribution in [2.75, 3.05) is 0 Å². The van der Waals surface area contributed by atoms with Gasteiger partial charge in [0.2, 0.25) is 0 Å². The molecule has 0 aliphatic rings. The van der Waals surface area contributed by atoms with Crippen LogP contribution >= 0.6 is 0 Å². The summed E-state index contributed by atoms with van der Waals surface area (Å²) in [5, 5.41) is 4.77. The number of hydrogen-bond donors (Lipinski definition) is 3. The molecule has 1 atom stereocenters. The zero-order valence-corrected chi connectivity index (χ0v) is 14.9. The van der Waals surface area contributed by atoms with E-state index in [2.05, 4.69) is 63.4 Å². The third kappa shape index (κ3) is 3.03. The Kier molecular flexibility index (Phi) is 4.01. The molecule has 25 heavy (non-hydrogen) atoms. The van der Waals surface area contributed by atoms with Gasteiger partial charge in [0, 0.05) is 40.9 Å². The highest BCUT2D eigenvalue weighted by molar-refractivity contribution is 5.94. The topological polar surface area (TPSA) is 69.4 Å². The molecule has 0 saturated carbocycles. The fourth-order valence-corrected chi connectivity index (χ4v) is 3.12. The first-order chi connectivity index (χ1) is 12.1. The number of rotatable bonds is 5. The Balaban J connectivity index is 1.71. The summed E-state index contributed by atoms with van der Waals surface area (Å²) in [5.74, 6) is 0.879. The highest BCUT2D eigenvalue weighted by atomic mass is 15.0. The number of aromatic amines is 2. The Bertz CT molecular complexity index is 1030. The molecule has 5 nitrogen and oxygen atoms in total. The fraction of sp³-hybridized carbons (Fsp3) is 0.300. The van der Waals surface area contributed by atoms with E-state index >= 15 is 0 Å². The van der Waals surface area contributed by atoms with Gasteiger partial charge in [-0.05, 0) is 50.1 Å². The molecule has 0 bridgehead atoms. The lowest BCUT2D eigenvalue weighted by Gasteiger charge is -2.11. The lowest BCUT2D eigenvalue weighted by Crippen LogP contribution is -2.24. The molecule has 1 aromatic carbocycles. The summed E-state index contributed by atoms with van der Waals surface area (Å²) in [6.07, 6.45) is 2.95. The zero-order chi connectivity index (χ0) is 17.4. The van der Waals surface area contributed by atoms with Crippen molar-refractivity contribution >= 4 is 22.1 Å². The lowest BCUT2D eigenvalue weighted by atomic mass is 10.1. The van der Waals surface area contributed by atoms with Crippen LogP contribution in [0.2, 0.25) is 0 Å². The van der Waals surface area contributed by atoms with Crippen LogP contribution in [-0.2, 0) is 6.54 Å². The van der Waals surface area contributed by atoms with E-state index in [9.17, 15) is 0 Å². The lowest BCUT2D eigenvalue weighted by molar-refractivity contribution is 0.534. The Morgan fingerprint density at radius 3 is 2.88 bits per heavy atom. The molecule has 0 spiro atoms. The fourth-order valence-electron chi connectivity index (χ4n) is 3.12. The third-order valence-electron chi connectivity index (χ3n) is 4.75. The molecule has 128 valence electrons. The average molecular weight is 333 g/mol. The number of aromatic nitrogens is 4. The number of nitrogens with zero attached hydrogens (tertiary/aromatic N) is 2. The quantitative estimate of drug-likeness (QED) is 0.510. The van der Waals surface area contributed by atoms with Crippen molar-refractivity contribution in [2.24, 2.45) is 0 Å². The summed E-state index contributed by atoms with van der Waals surface area (Å²) >= 11 is 0. The van der Waals surface area contributed by atoms with E-state index in [0.717, 1.165) is 46.7 Å². The van der Waals surface area contributed by atoms with E-state index in [1.165, 1.54) is 10.9 Å². The van der Waals surface area contributed by atoms with Gasteiger partial charge in [-0.1, -0.05) is 13.0 Å². The van der Waals surface area contributed by atoms with Crippen LogP contribution in [0, 0.1) is 6.92 Å². The first-order valence-electron chi connectivity index (χ1n) is 8.80. The Hall–Kier alpha value is -2.66. The van der Waals surface area contributed by atoms with Crippen LogP contribution in [-0.4, -0.2) is 26.0 Å². The van der Waals surface area contributed by atoms with Crippen LogP contribution in [0.4, 0.5) is 0 Å². The highest BCUT2D eigenvalue weighted by Gasteiger charge is 2.11. The van der Waals surface area contributed by atoms with Crippen molar-refractivity contribution in [3.8, 4) is 11.3 Å². The Labute approximate surface area is 146 Å². The van der Waals surface area contributed by atoms with Gasteiger partial charge in [0.15, 0.2) is 5.65 Å². The maximum Gasteiger partial charge on any atom is 0.178 e. The largest absolute Gasteiger partial charge is 0.354 e. The number of benzene rings is 1. The molecule has 0 aliphatic carbocycles. The number of aryl methyl sites for hydroxylation is 1. The number of pyridine rings is 1. The SMILES string of the molecule is CC[C@@H](C)NCc1ccc2[nH]c(-c3ccnc4nc(C)[nH]c34)cc2c1. The highest BCUT2D eigenvalue weighted by Crippen LogP contribution is 2.29. The van der Waals surface area contributed by atoms with Gasteiger partial charge >= 0.3 is 0 Å². The number of fused-ring (bicyclic) bond motifs is 2. The smallest absolute Gasteiger partial charge is 0.178 e. The first kappa shape index (κ1) is 15.8. The summed E-state index contributed by atoms with van der Waals surface area (Å²) < 4.78 is 0. The molecule has 4 rings (SSSR count). The van der Waals surface area contributed by atoms with Crippen molar-refractivity contribution in [1.29, 1.82) is 0 Å². The summed E-state index contributed by atoms with van der Waals surface area (Å²) in [6.45, 7) is 7.26. The maximum absolute atomic E-state index is 4.43. The maximum atomic E-state index is 4.43. The predicted molar refractivity (Wildman–Crippen MR) is 103 cm³/mol. The van der Waals surface area contributed by atoms with E-state index in [1.54, 1.807) is 0 Å². The van der Waals surface area contributed by atoms with Crippen LogP contribution in [0.3, 0.4) is 0 Å². The molecule has 5 heteroatoms. The minimum atomic E-state index is 0.534. The second kappa shape index (κ2) is 6.33. The summed E-state index contributed by atoms with van der Waals surface area (Å²) in [6, 6.07) is 11.3. The Morgan fingerprint density at radius 2 is 2.04 bits per heavy atom. The van der Waals surface area contributed by atoms with Crippen LogP contribution in [0.25, 0.3) is 33.3 Å². The number of nitrogens with one attached hydrogen (secondary N) is 3. The summed E-state index contributed by atoms with van der Waals surface area (Å²) in [7, 11) is 0. The van der Waals surface area contributed by atoms with Crippen molar-refractivity contribution in [1.82, 2.24) is 25.3 Å². The van der Waals surface area contributed by atoms with E-state index in [0.29, 0.717) is 6.04 Å². The third-order valence-corrected chi connectivity index (χ3v) is 4.75. The van der Waals surface area contributed by atoms with E-state index < -0.39 is 0 Å². The van der Waals surface area contributed by atoms with Gasteiger partial charge < -0.3 is 15.3 Å². The van der Waals surface area contributed by atoms with Crippen LogP contribution in [0.5, 0.6) is 0 Å². The normalized spacial score (nSPS) is 12.9. The van der Waals surface area contributed by atoms with Crippen LogP contribution < -0.4 is 5.32 Å². The van der Waals surface area contributed by atoms with E-state index in [1.807, 2.05) is 19.2 Å². The monoisotopic (exact) mass is 333 g/mol. The molecule has 0 saturated heterocycles. The number of H-pyrrole nitrogens is 2. The molecule has 0 aliphatic heterocycles. The molecule has 0 radical (unpaired) electrons. The molecule has 0 fully saturated rings. The number of imidazole rings is 1. The van der Waals surface area contributed by atoms with Gasteiger partial charge in [-0.15, -0.1) is 0 Å². The summed E-state index contributed by atoms with van der Waals surface area (Å²) in [4.78, 5) is 15.6. The second-order valence-electron chi connectivity index (χ2n) is 6.67. The number of hydrogen-bond acceptors (Lipinski definition) is 3. The zero-order valence-electron chi connectivity index (χ0n) is 14.9. The van der Waals surface area contributed by atoms with Crippen LogP contribution in [0.15, 0.2) is 36.5 Å². The molecule has 3 heterocycles. The Morgan fingerprint density at radius 1 is 1.16 bits per heavy atom. The summed E-state index contributed by atoms with van der Waals surface area (Å²) in [5.41, 5.74) is 6.36. The molecule has 3 N–H and O–H groups in total. The molecular weight excluding hydrogens is 310 g/mol. The second-order valence-corrected chi connectivity index (χ2v) is 6.67. The van der Waals surface area contributed by atoms with Gasteiger partial charge in [0.05, 0.1) is 5.52 Å². The van der Waals surface area contributed by atoms with Crippen LogP contribution in [0.1, 0.15) is 31.7 Å². The first-order valence-corrected chi connectivity index (χ1v) is 8.80. The van der Waals surface area contributed by atoms with Crippen molar-refractivity contribution in [3.63, 3.8) is 0 Å². The van der Waals surface area contributed by atoms with E-state index in [4.69, 9.17) is 0 Å². The van der Waals surface area contributed by atoms with Gasteiger partial charge in [-0.25, -0.2) is 9.97 Å². The van der Waals surface area contributed by atoms with Crippen molar-refractivity contribution < 1.29 is 0 Å². The van der Waals surface area contributed by atoms with Gasteiger partial charge in [0.25, 0.3) is 0 Å². The predicted octanol–water partition coefficient (Wildman–Crippen LogP) is 4.30. The molecule has 0 amide bonds. The van der Waals surface area contributed by atoms with Gasteiger partial charge in [-0.2, -0.15) is 0 Å².